The second-order valence-electron chi connectivity index (χ2n) is 5.70. The van der Waals surface area contributed by atoms with Crippen molar-refractivity contribution in [3.8, 4) is 11.5 Å². The first-order chi connectivity index (χ1) is 11.5. The lowest BCUT2D eigenvalue weighted by molar-refractivity contribution is 0.188. The first-order valence-electron chi connectivity index (χ1n) is 7.87. The Morgan fingerprint density at radius 2 is 1.79 bits per heavy atom. The molecule has 1 unspecified atom stereocenters. The Labute approximate surface area is 145 Å². The molecule has 2 aromatic rings. The standard InChI is InChI=1S/C19H24O4S/c1-14-4-9-18(10-5-14)24(21)13-16(20)7-6-15-12-17(22-2)8-11-19(15)23-3/h4-5,8-12,16,20H,6-7,13H2,1-3H3/t16-,24?/m0/s1. The summed E-state index contributed by atoms with van der Waals surface area (Å²) < 4.78 is 22.9. The predicted molar refractivity (Wildman–Crippen MR) is 96.3 cm³/mol. The summed E-state index contributed by atoms with van der Waals surface area (Å²) >= 11 is 0. The van der Waals surface area contributed by atoms with Gasteiger partial charge in [-0.05, 0) is 55.7 Å². The maximum Gasteiger partial charge on any atom is 0.122 e. The van der Waals surface area contributed by atoms with Gasteiger partial charge in [0.15, 0.2) is 0 Å². The van der Waals surface area contributed by atoms with Gasteiger partial charge in [0.25, 0.3) is 0 Å². The first kappa shape index (κ1) is 18.5. The molecule has 0 aliphatic rings. The number of aliphatic hydroxyl groups is 1. The SMILES string of the molecule is COc1ccc(OC)c(CC[C@H](O)CS(=O)c2ccc(C)cc2)c1. The van der Waals surface area contributed by atoms with Crippen LogP contribution in [0.1, 0.15) is 17.5 Å². The lowest BCUT2D eigenvalue weighted by atomic mass is 10.1. The number of hydrogen-bond acceptors (Lipinski definition) is 4. The van der Waals surface area contributed by atoms with Crippen molar-refractivity contribution in [2.45, 2.75) is 30.8 Å². The van der Waals surface area contributed by atoms with Crippen LogP contribution in [0.5, 0.6) is 11.5 Å². The highest BCUT2D eigenvalue weighted by Gasteiger charge is 2.13. The van der Waals surface area contributed by atoms with Crippen molar-refractivity contribution in [1.82, 2.24) is 0 Å². The van der Waals surface area contributed by atoms with Crippen LogP contribution in [0.2, 0.25) is 0 Å². The number of ether oxygens (including phenoxy) is 2. The summed E-state index contributed by atoms with van der Waals surface area (Å²) in [7, 11) is 2.04. The zero-order valence-electron chi connectivity index (χ0n) is 14.3. The van der Waals surface area contributed by atoms with Gasteiger partial charge < -0.3 is 14.6 Å². The number of benzene rings is 2. The average Bonchev–Trinajstić information content (AvgIpc) is 2.60. The number of aliphatic hydroxyl groups excluding tert-OH is 1. The molecule has 0 spiro atoms. The Morgan fingerprint density at radius 1 is 1.08 bits per heavy atom. The Bertz CT molecular complexity index is 682. The molecule has 24 heavy (non-hydrogen) atoms. The lowest BCUT2D eigenvalue weighted by Crippen LogP contribution is -2.17. The van der Waals surface area contributed by atoms with E-state index in [2.05, 4.69) is 0 Å². The largest absolute Gasteiger partial charge is 0.497 e. The van der Waals surface area contributed by atoms with E-state index in [1.807, 2.05) is 49.4 Å². The minimum Gasteiger partial charge on any atom is -0.497 e. The highest BCUT2D eigenvalue weighted by molar-refractivity contribution is 7.85. The quantitative estimate of drug-likeness (QED) is 0.796. The number of aryl methyl sites for hydroxylation is 2. The molecule has 130 valence electrons. The molecule has 0 saturated heterocycles. The van der Waals surface area contributed by atoms with E-state index < -0.39 is 16.9 Å². The second kappa shape index (κ2) is 8.85. The average molecular weight is 348 g/mol. The monoisotopic (exact) mass is 348 g/mol. The Morgan fingerprint density at radius 3 is 2.42 bits per heavy atom. The third-order valence-electron chi connectivity index (χ3n) is 3.86. The third-order valence-corrected chi connectivity index (χ3v) is 5.35. The van der Waals surface area contributed by atoms with Crippen molar-refractivity contribution in [1.29, 1.82) is 0 Å². The number of hydrogen-bond donors (Lipinski definition) is 1. The molecule has 0 aliphatic carbocycles. The molecular weight excluding hydrogens is 324 g/mol. The van der Waals surface area contributed by atoms with Crippen molar-refractivity contribution < 1.29 is 18.8 Å². The van der Waals surface area contributed by atoms with Gasteiger partial charge >= 0.3 is 0 Å². The summed E-state index contributed by atoms with van der Waals surface area (Å²) in [5.74, 6) is 1.75. The summed E-state index contributed by atoms with van der Waals surface area (Å²) in [6.07, 6.45) is 0.511. The maximum atomic E-state index is 12.3. The molecule has 1 N–H and O–H groups in total. The normalized spacial score (nSPS) is 13.3. The lowest BCUT2D eigenvalue weighted by Gasteiger charge is -2.13. The molecular formula is C19H24O4S. The minimum absolute atomic E-state index is 0.231. The fraction of sp³-hybridized carbons (Fsp3) is 0.368. The van der Waals surface area contributed by atoms with E-state index in [4.69, 9.17) is 9.47 Å². The van der Waals surface area contributed by atoms with Gasteiger partial charge in [0.05, 0.1) is 36.9 Å². The first-order valence-corrected chi connectivity index (χ1v) is 9.19. The molecule has 0 aromatic heterocycles. The van der Waals surface area contributed by atoms with E-state index in [9.17, 15) is 9.32 Å². The highest BCUT2D eigenvalue weighted by Crippen LogP contribution is 2.25. The van der Waals surface area contributed by atoms with Crippen molar-refractivity contribution >= 4 is 10.8 Å². The number of rotatable bonds is 8. The van der Waals surface area contributed by atoms with E-state index in [0.717, 1.165) is 27.5 Å². The van der Waals surface area contributed by atoms with Crippen molar-refractivity contribution in [3.05, 3.63) is 53.6 Å². The fourth-order valence-corrected chi connectivity index (χ4v) is 3.59. The van der Waals surface area contributed by atoms with Crippen LogP contribution in [0.4, 0.5) is 0 Å². The molecule has 0 fully saturated rings. The Balaban J connectivity index is 1.94. The molecule has 0 heterocycles. The summed E-state index contributed by atoms with van der Waals surface area (Å²) in [4.78, 5) is 0.749. The van der Waals surface area contributed by atoms with E-state index >= 15 is 0 Å². The predicted octanol–water partition coefficient (Wildman–Crippen LogP) is 3.11. The van der Waals surface area contributed by atoms with E-state index in [0.29, 0.717) is 12.8 Å². The van der Waals surface area contributed by atoms with Gasteiger partial charge in [-0.25, -0.2) is 0 Å². The molecule has 0 bridgehead atoms. The minimum atomic E-state index is -1.20. The summed E-state index contributed by atoms with van der Waals surface area (Å²) in [5.41, 5.74) is 2.10. The molecule has 5 heteroatoms. The van der Waals surface area contributed by atoms with Gasteiger partial charge in [-0.3, -0.25) is 4.21 Å². The van der Waals surface area contributed by atoms with Crippen molar-refractivity contribution in [2.75, 3.05) is 20.0 Å². The summed E-state index contributed by atoms with van der Waals surface area (Å²) in [6, 6.07) is 13.2. The molecule has 0 amide bonds. The zero-order valence-corrected chi connectivity index (χ0v) is 15.1. The van der Waals surface area contributed by atoms with Gasteiger partial charge in [0.1, 0.15) is 11.5 Å². The van der Waals surface area contributed by atoms with Crippen LogP contribution in [-0.2, 0) is 17.2 Å². The van der Waals surface area contributed by atoms with Gasteiger partial charge in [-0.1, -0.05) is 17.7 Å². The van der Waals surface area contributed by atoms with Crippen LogP contribution < -0.4 is 9.47 Å². The van der Waals surface area contributed by atoms with Crippen LogP contribution in [0, 0.1) is 6.92 Å². The third kappa shape index (κ3) is 5.08. The number of methoxy groups -OCH3 is 2. The molecule has 0 saturated carbocycles. The van der Waals surface area contributed by atoms with Crippen LogP contribution in [0.25, 0.3) is 0 Å². The maximum absolute atomic E-state index is 12.3. The van der Waals surface area contributed by atoms with E-state index in [1.165, 1.54) is 0 Å². The zero-order chi connectivity index (χ0) is 17.5. The van der Waals surface area contributed by atoms with E-state index in [1.54, 1.807) is 14.2 Å². The molecule has 4 nitrogen and oxygen atoms in total. The van der Waals surface area contributed by atoms with Gasteiger partial charge in [0, 0.05) is 4.90 Å². The van der Waals surface area contributed by atoms with Gasteiger partial charge in [-0.2, -0.15) is 0 Å². The molecule has 0 radical (unpaired) electrons. The molecule has 2 rings (SSSR count). The smallest absolute Gasteiger partial charge is 0.122 e. The second-order valence-corrected chi connectivity index (χ2v) is 7.19. The topological polar surface area (TPSA) is 55.8 Å². The molecule has 2 atom stereocenters. The fourth-order valence-electron chi connectivity index (χ4n) is 2.44. The van der Waals surface area contributed by atoms with Gasteiger partial charge in [-0.15, -0.1) is 0 Å². The molecule has 0 aliphatic heterocycles. The summed E-state index contributed by atoms with van der Waals surface area (Å²) in [5, 5.41) is 10.2. The highest BCUT2D eigenvalue weighted by atomic mass is 32.2. The Kier molecular flexibility index (Phi) is 6.82. The summed E-state index contributed by atoms with van der Waals surface area (Å²) in [6.45, 7) is 1.99. The van der Waals surface area contributed by atoms with Crippen molar-refractivity contribution in [3.63, 3.8) is 0 Å². The Hall–Kier alpha value is -1.85. The van der Waals surface area contributed by atoms with Crippen LogP contribution in [0.3, 0.4) is 0 Å². The van der Waals surface area contributed by atoms with E-state index in [-0.39, 0.29) is 5.75 Å². The van der Waals surface area contributed by atoms with Crippen LogP contribution >= 0.6 is 0 Å². The van der Waals surface area contributed by atoms with Gasteiger partial charge in [0.2, 0.25) is 0 Å². The molecule has 2 aromatic carbocycles. The van der Waals surface area contributed by atoms with Crippen molar-refractivity contribution in [2.24, 2.45) is 0 Å². The van der Waals surface area contributed by atoms with Crippen LogP contribution in [-0.4, -0.2) is 35.4 Å². The van der Waals surface area contributed by atoms with Crippen LogP contribution in [0.15, 0.2) is 47.4 Å².